The predicted molar refractivity (Wildman–Crippen MR) is 58.1 cm³/mol. The molecule has 96 valence electrons. The Morgan fingerprint density at radius 1 is 1.59 bits per heavy atom. The zero-order valence-electron chi connectivity index (χ0n) is 8.87. The third-order valence-corrected chi connectivity index (χ3v) is 2.80. The summed E-state index contributed by atoms with van der Waals surface area (Å²) < 4.78 is 42.8. The molecule has 0 aliphatic rings. The first-order valence-corrected chi connectivity index (χ1v) is 5.73. The molecular weight excluding hydrogens is 305 g/mol. The molecule has 17 heavy (non-hydrogen) atoms. The second-order valence-electron chi connectivity index (χ2n) is 3.27. The summed E-state index contributed by atoms with van der Waals surface area (Å²) >= 11 is 3.16. The largest absolute Gasteiger partial charge is 0.433 e. The molecule has 1 aromatic heterocycles. The lowest BCUT2D eigenvalue weighted by atomic mass is 10.3. The number of rotatable bonds is 4. The van der Waals surface area contributed by atoms with Crippen molar-refractivity contribution in [2.24, 2.45) is 0 Å². The van der Waals surface area contributed by atoms with Crippen LogP contribution in [0.25, 0.3) is 0 Å². The molecule has 4 nitrogen and oxygen atoms in total. The summed E-state index contributed by atoms with van der Waals surface area (Å²) in [5.41, 5.74) is -1.94. The number of methoxy groups -OCH3 is 1. The van der Waals surface area contributed by atoms with Crippen LogP contribution in [-0.2, 0) is 17.5 Å². The van der Waals surface area contributed by atoms with Gasteiger partial charge < -0.3 is 4.74 Å². The first-order valence-electron chi connectivity index (χ1n) is 4.61. The van der Waals surface area contributed by atoms with Crippen molar-refractivity contribution in [3.63, 3.8) is 0 Å². The molecule has 0 fully saturated rings. The van der Waals surface area contributed by atoms with E-state index in [1.54, 1.807) is 0 Å². The van der Waals surface area contributed by atoms with Crippen molar-refractivity contribution >= 4 is 15.9 Å². The molecule has 0 N–H and O–H groups in total. The minimum atomic E-state index is -4.60. The van der Waals surface area contributed by atoms with Gasteiger partial charge in [-0.2, -0.15) is 13.2 Å². The van der Waals surface area contributed by atoms with E-state index in [2.05, 4.69) is 20.9 Å². The Hall–Kier alpha value is -0.890. The first kappa shape index (κ1) is 14.2. The van der Waals surface area contributed by atoms with Crippen molar-refractivity contribution in [1.29, 1.82) is 0 Å². The van der Waals surface area contributed by atoms with Gasteiger partial charge in [0.25, 0.3) is 5.56 Å². The summed E-state index contributed by atoms with van der Waals surface area (Å²) in [6, 6.07) is 0.473. The zero-order valence-corrected chi connectivity index (χ0v) is 10.5. The number of aromatic nitrogens is 2. The Labute approximate surface area is 104 Å². The van der Waals surface area contributed by atoms with Crippen LogP contribution in [0.3, 0.4) is 0 Å². The van der Waals surface area contributed by atoms with E-state index in [1.807, 2.05) is 0 Å². The maximum atomic E-state index is 12.3. The lowest BCUT2D eigenvalue weighted by Gasteiger charge is -2.14. The Balaban J connectivity index is 2.95. The highest BCUT2D eigenvalue weighted by atomic mass is 79.9. The smallest absolute Gasteiger partial charge is 0.379 e. The highest BCUT2D eigenvalue weighted by Crippen LogP contribution is 2.25. The molecule has 0 saturated heterocycles. The number of hydrogen-bond acceptors (Lipinski definition) is 3. The van der Waals surface area contributed by atoms with Gasteiger partial charge in [-0.25, -0.2) is 4.98 Å². The number of halogens is 4. The maximum Gasteiger partial charge on any atom is 0.433 e. The standard InChI is InChI=1S/C9H10BrF3N2O2/c1-17-6(3-10)4-15-5-14-7(2-8(15)16)9(11,12)13/h2,5-6H,3-4H2,1H3. The molecule has 1 aromatic rings. The van der Waals surface area contributed by atoms with E-state index in [0.717, 1.165) is 10.9 Å². The molecule has 1 heterocycles. The average Bonchev–Trinajstić information content (AvgIpc) is 2.26. The van der Waals surface area contributed by atoms with Crippen molar-refractivity contribution in [2.75, 3.05) is 12.4 Å². The fraction of sp³-hybridized carbons (Fsp3) is 0.556. The molecule has 1 atom stereocenters. The number of hydrogen-bond donors (Lipinski definition) is 0. The SMILES string of the molecule is COC(CBr)Cn1cnc(C(F)(F)F)cc1=O. The normalized spacial score (nSPS) is 13.7. The first-order chi connectivity index (χ1) is 7.88. The van der Waals surface area contributed by atoms with Gasteiger partial charge in [0.05, 0.1) is 19.0 Å². The summed E-state index contributed by atoms with van der Waals surface area (Å²) in [6.45, 7) is 0.145. The Kier molecular flexibility index (Phi) is 4.70. The van der Waals surface area contributed by atoms with E-state index >= 15 is 0 Å². The van der Waals surface area contributed by atoms with Gasteiger partial charge in [-0.15, -0.1) is 0 Å². The Morgan fingerprint density at radius 3 is 2.65 bits per heavy atom. The van der Waals surface area contributed by atoms with E-state index in [-0.39, 0.29) is 12.6 Å². The molecule has 1 unspecified atom stereocenters. The second-order valence-corrected chi connectivity index (χ2v) is 3.92. The van der Waals surface area contributed by atoms with Crippen LogP contribution in [0.2, 0.25) is 0 Å². The molecule has 0 aliphatic carbocycles. The van der Waals surface area contributed by atoms with Gasteiger partial charge in [0, 0.05) is 18.5 Å². The molecule has 0 aliphatic heterocycles. The van der Waals surface area contributed by atoms with E-state index in [0.29, 0.717) is 11.4 Å². The molecule has 1 rings (SSSR count). The van der Waals surface area contributed by atoms with Crippen LogP contribution in [0.1, 0.15) is 5.69 Å². The van der Waals surface area contributed by atoms with Gasteiger partial charge in [-0.3, -0.25) is 9.36 Å². The Bertz CT molecular complexity index is 429. The van der Waals surface area contributed by atoms with Crippen molar-refractivity contribution < 1.29 is 17.9 Å². The van der Waals surface area contributed by atoms with Gasteiger partial charge in [-0.1, -0.05) is 15.9 Å². The van der Waals surface area contributed by atoms with E-state index < -0.39 is 17.4 Å². The zero-order chi connectivity index (χ0) is 13.1. The van der Waals surface area contributed by atoms with Crippen LogP contribution in [0.15, 0.2) is 17.2 Å². The van der Waals surface area contributed by atoms with E-state index in [1.165, 1.54) is 7.11 Å². The van der Waals surface area contributed by atoms with Crippen molar-refractivity contribution in [1.82, 2.24) is 9.55 Å². The summed E-state index contributed by atoms with van der Waals surface area (Å²) in [7, 11) is 1.45. The second kappa shape index (κ2) is 5.63. The molecular formula is C9H10BrF3N2O2. The fourth-order valence-corrected chi connectivity index (χ4v) is 1.59. The van der Waals surface area contributed by atoms with Gasteiger partial charge in [0.2, 0.25) is 0 Å². The van der Waals surface area contributed by atoms with Crippen LogP contribution >= 0.6 is 15.9 Å². The summed E-state index contributed by atoms with van der Waals surface area (Å²) in [5.74, 6) is 0. The molecule has 0 amide bonds. The third kappa shape index (κ3) is 3.81. The summed E-state index contributed by atoms with van der Waals surface area (Å²) in [5, 5.41) is 0.469. The minimum Gasteiger partial charge on any atom is -0.379 e. The van der Waals surface area contributed by atoms with Gasteiger partial charge >= 0.3 is 6.18 Å². The average molecular weight is 315 g/mol. The third-order valence-electron chi connectivity index (χ3n) is 2.08. The van der Waals surface area contributed by atoms with Crippen molar-refractivity contribution in [3.8, 4) is 0 Å². The predicted octanol–water partition coefficient (Wildman–Crippen LogP) is 1.67. The van der Waals surface area contributed by atoms with Crippen molar-refractivity contribution in [2.45, 2.75) is 18.8 Å². The van der Waals surface area contributed by atoms with Crippen molar-refractivity contribution in [3.05, 3.63) is 28.4 Å². The molecule has 0 aromatic carbocycles. The topological polar surface area (TPSA) is 44.1 Å². The lowest BCUT2D eigenvalue weighted by molar-refractivity contribution is -0.141. The molecule has 0 radical (unpaired) electrons. The number of nitrogens with zero attached hydrogens (tertiary/aromatic N) is 2. The van der Waals surface area contributed by atoms with Gasteiger partial charge in [0.15, 0.2) is 5.69 Å². The van der Waals surface area contributed by atoms with Crippen LogP contribution in [-0.4, -0.2) is 28.1 Å². The maximum absolute atomic E-state index is 12.3. The summed E-state index contributed by atoms with van der Waals surface area (Å²) in [4.78, 5) is 14.6. The van der Waals surface area contributed by atoms with Crippen LogP contribution in [0.5, 0.6) is 0 Å². The van der Waals surface area contributed by atoms with Crippen LogP contribution in [0.4, 0.5) is 13.2 Å². The van der Waals surface area contributed by atoms with Crippen LogP contribution in [0, 0.1) is 0 Å². The fourth-order valence-electron chi connectivity index (χ4n) is 1.12. The van der Waals surface area contributed by atoms with E-state index in [4.69, 9.17) is 4.74 Å². The minimum absolute atomic E-state index is 0.145. The molecule has 0 spiro atoms. The Morgan fingerprint density at radius 2 is 2.24 bits per heavy atom. The summed E-state index contributed by atoms with van der Waals surface area (Å²) in [6.07, 6.45) is -4.03. The van der Waals surface area contributed by atoms with Gasteiger partial charge in [0.1, 0.15) is 0 Å². The highest BCUT2D eigenvalue weighted by molar-refractivity contribution is 9.09. The highest BCUT2D eigenvalue weighted by Gasteiger charge is 2.33. The number of ether oxygens (including phenoxy) is 1. The monoisotopic (exact) mass is 314 g/mol. The number of alkyl halides is 4. The van der Waals surface area contributed by atoms with Gasteiger partial charge in [-0.05, 0) is 0 Å². The molecule has 8 heteroatoms. The molecule has 0 bridgehead atoms. The van der Waals surface area contributed by atoms with E-state index in [9.17, 15) is 18.0 Å². The quantitative estimate of drug-likeness (QED) is 0.794. The van der Waals surface area contributed by atoms with Crippen LogP contribution < -0.4 is 5.56 Å². The molecule has 0 saturated carbocycles. The lowest BCUT2D eigenvalue weighted by Crippen LogP contribution is -2.29.